The maximum atomic E-state index is 10.9. The normalized spacial score (nSPS) is 11.0. The largest absolute Gasteiger partial charge is 0.493 e. The minimum Gasteiger partial charge on any atom is -0.493 e. The summed E-state index contributed by atoms with van der Waals surface area (Å²) >= 11 is 0. The second-order valence-electron chi connectivity index (χ2n) is 5.34. The quantitative estimate of drug-likeness (QED) is 0.252. The molecule has 7 nitrogen and oxygen atoms in total. The lowest BCUT2D eigenvalue weighted by Crippen LogP contribution is -2.31. The van der Waals surface area contributed by atoms with Crippen molar-refractivity contribution in [2.75, 3.05) is 13.7 Å². The van der Waals surface area contributed by atoms with E-state index >= 15 is 0 Å². The molecule has 0 unspecified atom stereocenters. The van der Waals surface area contributed by atoms with Gasteiger partial charge < -0.3 is 15.2 Å². The van der Waals surface area contributed by atoms with Crippen LogP contribution in [-0.2, 0) is 0 Å². The Bertz CT molecular complexity index is 529. The molecule has 1 aromatic rings. The third kappa shape index (κ3) is 4.62. The van der Waals surface area contributed by atoms with Gasteiger partial charge in [0.25, 0.3) is 0 Å². The molecule has 0 aliphatic rings. The standard InChI is InChI=1S/C14H21N3O4/c1-14(2,13(15)16)7-4-8-21-10-5-6-12(20-3)11(9-10)17(18)19/h5-6,9H,4,7-8H2,1-3H3,(H3,15,16). The molecule has 0 saturated carbocycles. The Labute approximate surface area is 123 Å². The summed E-state index contributed by atoms with van der Waals surface area (Å²) in [5.74, 6) is 0.760. The summed E-state index contributed by atoms with van der Waals surface area (Å²) in [6.45, 7) is 4.20. The van der Waals surface area contributed by atoms with Gasteiger partial charge in [-0.15, -0.1) is 0 Å². The van der Waals surface area contributed by atoms with Crippen LogP contribution in [0.1, 0.15) is 26.7 Å². The number of nitro benzene ring substituents is 1. The molecular formula is C14H21N3O4. The Hall–Kier alpha value is -2.31. The highest BCUT2D eigenvalue weighted by atomic mass is 16.6. The van der Waals surface area contributed by atoms with Crippen LogP contribution in [0.3, 0.4) is 0 Å². The molecule has 21 heavy (non-hydrogen) atoms. The van der Waals surface area contributed by atoms with Crippen LogP contribution in [0.4, 0.5) is 5.69 Å². The van der Waals surface area contributed by atoms with Crippen molar-refractivity contribution in [1.82, 2.24) is 0 Å². The van der Waals surface area contributed by atoms with E-state index in [0.717, 1.165) is 0 Å². The third-order valence-electron chi connectivity index (χ3n) is 3.29. The van der Waals surface area contributed by atoms with Crippen molar-refractivity contribution in [3.8, 4) is 11.5 Å². The smallest absolute Gasteiger partial charge is 0.314 e. The number of nitrogens with two attached hydrogens (primary N) is 1. The van der Waals surface area contributed by atoms with Gasteiger partial charge in [-0.25, -0.2) is 0 Å². The second kappa shape index (κ2) is 6.92. The zero-order chi connectivity index (χ0) is 16.0. The van der Waals surface area contributed by atoms with E-state index in [2.05, 4.69) is 0 Å². The van der Waals surface area contributed by atoms with E-state index in [1.807, 2.05) is 13.8 Å². The molecule has 1 aromatic carbocycles. The minimum atomic E-state index is -0.509. The van der Waals surface area contributed by atoms with Crippen molar-refractivity contribution in [2.45, 2.75) is 26.7 Å². The molecule has 0 amide bonds. The third-order valence-corrected chi connectivity index (χ3v) is 3.29. The number of hydrogen-bond donors (Lipinski definition) is 2. The molecule has 3 N–H and O–H groups in total. The van der Waals surface area contributed by atoms with E-state index < -0.39 is 4.92 Å². The molecule has 0 aromatic heterocycles. The Morgan fingerprint density at radius 3 is 2.67 bits per heavy atom. The summed E-state index contributed by atoms with van der Waals surface area (Å²) in [6.07, 6.45) is 1.41. The molecule has 0 bridgehead atoms. The predicted molar refractivity (Wildman–Crippen MR) is 80.1 cm³/mol. The average molecular weight is 295 g/mol. The van der Waals surface area contributed by atoms with Crippen molar-refractivity contribution in [1.29, 1.82) is 5.41 Å². The first-order chi connectivity index (χ1) is 9.77. The fraction of sp³-hybridized carbons (Fsp3) is 0.500. The molecule has 0 radical (unpaired) electrons. The molecule has 0 aliphatic carbocycles. The van der Waals surface area contributed by atoms with Gasteiger partial charge in [-0.2, -0.15) is 0 Å². The fourth-order valence-electron chi connectivity index (χ4n) is 1.74. The lowest BCUT2D eigenvalue weighted by molar-refractivity contribution is -0.385. The number of hydrogen-bond acceptors (Lipinski definition) is 5. The summed E-state index contributed by atoms with van der Waals surface area (Å²) < 4.78 is 10.4. The highest BCUT2D eigenvalue weighted by Gasteiger charge is 2.21. The van der Waals surface area contributed by atoms with Crippen LogP contribution >= 0.6 is 0 Å². The van der Waals surface area contributed by atoms with Gasteiger partial charge in [-0.3, -0.25) is 15.5 Å². The first-order valence-electron chi connectivity index (χ1n) is 6.57. The van der Waals surface area contributed by atoms with Crippen LogP contribution in [0.5, 0.6) is 11.5 Å². The highest BCUT2D eigenvalue weighted by Crippen LogP contribution is 2.31. The number of ether oxygens (including phenoxy) is 2. The molecule has 0 fully saturated rings. The second-order valence-corrected chi connectivity index (χ2v) is 5.34. The van der Waals surface area contributed by atoms with Crippen LogP contribution in [0.15, 0.2) is 18.2 Å². The maximum Gasteiger partial charge on any atom is 0.314 e. The zero-order valence-corrected chi connectivity index (χ0v) is 12.5. The van der Waals surface area contributed by atoms with E-state index in [1.54, 1.807) is 6.07 Å². The van der Waals surface area contributed by atoms with E-state index in [0.29, 0.717) is 25.2 Å². The molecular weight excluding hydrogens is 274 g/mol. The topological polar surface area (TPSA) is 111 Å². The van der Waals surface area contributed by atoms with E-state index in [1.165, 1.54) is 19.2 Å². The fourth-order valence-corrected chi connectivity index (χ4v) is 1.74. The van der Waals surface area contributed by atoms with Gasteiger partial charge in [0, 0.05) is 5.41 Å². The summed E-state index contributed by atoms with van der Waals surface area (Å²) in [5.41, 5.74) is 5.01. The van der Waals surface area contributed by atoms with Crippen molar-refractivity contribution in [3.05, 3.63) is 28.3 Å². The van der Waals surface area contributed by atoms with E-state index in [-0.39, 0.29) is 22.7 Å². The van der Waals surface area contributed by atoms with Gasteiger partial charge in [0.05, 0.1) is 30.5 Å². The SMILES string of the molecule is COc1ccc(OCCCC(C)(C)C(=N)N)cc1[N+](=O)[O-]. The van der Waals surface area contributed by atoms with Crippen molar-refractivity contribution >= 4 is 11.5 Å². The number of methoxy groups -OCH3 is 1. The Balaban J connectivity index is 2.59. The number of rotatable bonds is 8. The molecule has 0 atom stereocenters. The molecule has 0 heterocycles. The summed E-state index contributed by atoms with van der Waals surface area (Å²) in [4.78, 5) is 10.4. The number of nitrogens with one attached hydrogen (secondary N) is 1. The molecule has 116 valence electrons. The number of nitrogens with zero attached hydrogens (tertiary/aromatic N) is 1. The van der Waals surface area contributed by atoms with Gasteiger partial charge in [-0.1, -0.05) is 13.8 Å². The van der Waals surface area contributed by atoms with Crippen molar-refractivity contribution in [3.63, 3.8) is 0 Å². The van der Waals surface area contributed by atoms with Crippen LogP contribution in [0, 0.1) is 20.9 Å². The van der Waals surface area contributed by atoms with Gasteiger partial charge >= 0.3 is 5.69 Å². The summed E-state index contributed by atoms with van der Waals surface area (Å²) in [5, 5.41) is 18.4. The number of nitro groups is 1. The van der Waals surface area contributed by atoms with Gasteiger partial charge in [0.1, 0.15) is 5.75 Å². The van der Waals surface area contributed by atoms with Crippen LogP contribution in [0.2, 0.25) is 0 Å². The average Bonchev–Trinajstić information content (AvgIpc) is 2.43. The summed E-state index contributed by atoms with van der Waals surface area (Å²) in [7, 11) is 1.38. The molecule has 7 heteroatoms. The maximum absolute atomic E-state index is 10.9. The lowest BCUT2D eigenvalue weighted by Gasteiger charge is -2.22. The first-order valence-corrected chi connectivity index (χ1v) is 6.57. The van der Waals surface area contributed by atoms with Crippen molar-refractivity contribution in [2.24, 2.45) is 11.1 Å². The molecule has 0 aliphatic heterocycles. The Morgan fingerprint density at radius 1 is 1.48 bits per heavy atom. The van der Waals surface area contributed by atoms with Crippen LogP contribution in [0.25, 0.3) is 0 Å². The number of amidine groups is 1. The lowest BCUT2D eigenvalue weighted by atomic mass is 9.87. The Morgan fingerprint density at radius 2 is 2.14 bits per heavy atom. The monoisotopic (exact) mass is 295 g/mol. The zero-order valence-electron chi connectivity index (χ0n) is 12.5. The molecule has 0 spiro atoms. The summed E-state index contributed by atoms with van der Waals surface area (Å²) in [6, 6.07) is 4.48. The van der Waals surface area contributed by atoms with Crippen molar-refractivity contribution < 1.29 is 14.4 Å². The minimum absolute atomic E-state index is 0.126. The molecule has 0 saturated heterocycles. The van der Waals surface area contributed by atoms with Gasteiger partial charge in [-0.05, 0) is 25.0 Å². The van der Waals surface area contributed by atoms with E-state index in [4.69, 9.17) is 20.6 Å². The number of benzene rings is 1. The van der Waals surface area contributed by atoms with Crippen LogP contribution in [-0.4, -0.2) is 24.5 Å². The molecule has 1 rings (SSSR count). The highest BCUT2D eigenvalue weighted by molar-refractivity contribution is 5.82. The van der Waals surface area contributed by atoms with Gasteiger partial charge in [0.15, 0.2) is 5.75 Å². The Kier molecular flexibility index (Phi) is 5.52. The van der Waals surface area contributed by atoms with Crippen LogP contribution < -0.4 is 15.2 Å². The van der Waals surface area contributed by atoms with E-state index in [9.17, 15) is 10.1 Å². The predicted octanol–water partition coefficient (Wildman–Crippen LogP) is 2.72. The van der Waals surface area contributed by atoms with Gasteiger partial charge in [0.2, 0.25) is 0 Å². The first kappa shape index (κ1) is 16.7.